The Hall–Kier alpha value is -0.863. The lowest BCUT2D eigenvalue weighted by Crippen LogP contribution is -2.01. The molecule has 0 saturated heterocycles. The van der Waals surface area contributed by atoms with Crippen molar-refractivity contribution < 1.29 is 4.43 Å². The first kappa shape index (κ1) is 10.2. The van der Waals surface area contributed by atoms with Gasteiger partial charge in [-0.25, -0.2) is 0 Å². The molecular weight excluding hydrogens is 176 g/mol. The third-order valence-electron chi connectivity index (χ3n) is 1.84. The maximum Gasteiger partial charge on any atom is 0.165 e. The minimum atomic E-state index is -0.323. The monoisotopic (exact) mass is 192 g/mol. The molecule has 1 nitrogen and oxygen atoms in total. The van der Waals surface area contributed by atoms with Gasteiger partial charge in [0.05, 0.1) is 0 Å². The maximum atomic E-state index is 5.55. The Labute approximate surface area is 82.4 Å². The van der Waals surface area contributed by atoms with Gasteiger partial charge in [-0.2, -0.15) is 0 Å². The summed E-state index contributed by atoms with van der Waals surface area (Å²) >= 11 is 0. The van der Waals surface area contributed by atoms with E-state index in [1.165, 1.54) is 5.56 Å². The normalized spacial score (nSPS) is 10.8. The molecule has 0 aliphatic heterocycles. The fraction of sp³-hybridized carbons (Fsp3) is 0.273. The number of benzene rings is 1. The van der Waals surface area contributed by atoms with Crippen LogP contribution in [-0.4, -0.2) is 16.4 Å². The van der Waals surface area contributed by atoms with Crippen LogP contribution in [0.3, 0.4) is 0 Å². The molecule has 0 saturated carbocycles. The Balaban J connectivity index is 2.10. The van der Waals surface area contributed by atoms with Gasteiger partial charge in [-0.1, -0.05) is 36.4 Å². The summed E-state index contributed by atoms with van der Waals surface area (Å²) in [6.07, 6.45) is 2.97. The van der Waals surface area contributed by atoms with Gasteiger partial charge < -0.3 is 4.43 Å². The minimum absolute atomic E-state index is 0.323. The van der Waals surface area contributed by atoms with Gasteiger partial charge in [0.1, 0.15) is 0 Å². The van der Waals surface area contributed by atoms with Crippen LogP contribution in [0.15, 0.2) is 43.0 Å². The first-order chi connectivity index (χ1) is 6.43. The highest BCUT2D eigenvalue weighted by atomic mass is 28.2. The zero-order valence-corrected chi connectivity index (χ0v) is 9.32. The van der Waals surface area contributed by atoms with Gasteiger partial charge in [0.25, 0.3) is 0 Å². The molecule has 0 bridgehead atoms. The SMILES string of the molecule is C=CC[SiH2]OCCc1ccccc1. The molecule has 1 aromatic carbocycles. The summed E-state index contributed by atoms with van der Waals surface area (Å²) in [5.41, 5.74) is 1.36. The summed E-state index contributed by atoms with van der Waals surface area (Å²) < 4.78 is 5.55. The van der Waals surface area contributed by atoms with Gasteiger partial charge in [0, 0.05) is 6.61 Å². The van der Waals surface area contributed by atoms with E-state index in [0.29, 0.717) is 0 Å². The van der Waals surface area contributed by atoms with Crippen molar-refractivity contribution >= 4 is 9.76 Å². The molecule has 0 N–H and O–H groups in total. The molecule has 2 heteroatoms. The summed E-state index contributed by atoms with van der Waals surface area (Å²) in [7, 11) is -0.323. The lowest BCUT2D eigenvalue weighted by molar-refractivity contribution is 0.341. The smallest absolute Gasteiger partial charge is 0.165 e. The van der Waals surface area contributed by atoms with Crippen LogP contribution in [-0.2, 0) is 10.8 Å². The molecule has 0 aliphatic carbocycles. The van der Waals surface area contributed by atoms with Crippen LogP contribution in [0.5, 0.6) is 0 Å². The van der Waals surface area contributed by atoms with Crippen LogP contribution in [0.2, 0.25) is 6.04 Å². The highest BCUT2D eigenvalue weighted by Crippen LogP contribution is 1.99. The highest BCUT2D eigenvalue weighted by Gasteiger charge is 1.90. The van der Waals surface area contributed by atoms with Gasteiger partial charge in [-0.15, -0.1) is 6.58 Å². The number of allylic oxidation sites excluding steroid dienone is 1. The van der Waals surface area contributed by atoms with Gasteiger partial charge in [-0.05, 0) is 18.0 Å². The highest BCUT2D eigenvalue weighted by molar-refractivity contribution is 6.27. The molecular formula is C11H16OSi. The fourth-order valence-electron chi connectivity index (χ4n) is 1.10. The van der Waals surface area contributed by atoms with Crippen LogP contribution in [0.1, 0.15) is 5.56 Å². The molecule has 0 heterocycles. The van der Waals surface area contributed by atoms with Crippen molar-refractivity contribution in [3.05, 3.63) is 48.6 Å². The van der Waals surface area contributed by atoms with Crippen molar-refractivity contribution in [3.8, 4) is 0 Å². The predicted molar refractivity (Wildman–Crippen MR) is 59.6 cm³/mol. The molecule has 70 valence electrons. The van der Waals surface area contributed by atoms with E-state index in [1.807, 2.05) is 12.1 Å². The van der Waals surface area contributed by atoms with E-state index < -0.39 is 0 Å². The summed E-state index contributed by atoms with van der Waals surface area (Å²) in [5, 5.41) is 0. The summed E-state index contributed by atoms with van der Waals surface area (Å²) in [6.45, 7) is 4.54. The topological polar surface area (TPSA) is 9.23 Å². The average molecular weight is 192 g/mol. The molecule has 0 amide bonds. The van der Waals surface area contributed by atoms with Gasteiger partial charge >= 0.3 is 0 Å². The second-order valence-electron chi connectivity index (χ2n) is 2.93. The summed E-state index contributed by atoms with van der Waals surface area (Å²) in [6, 6.07) is 11.5. The van der Waals surface area contributed by atoms with Crippen LogP contribution in [0.25, 0.3) is 0 Å². The Morgan fingerprint density at radius 1 is 1.31 bits per heavy atom. The second-order valence-corrected chi connectivity index (χ2v) is 4.32. The van der Waals surface area contributed by atoms with E-state index in [4.69, 9.17) is 4.43 Å². The average Bonchev–Trinajstić information content (AvgIpc) is 2.19. The largest absolute Gasteiger partial charge is 0.423 e. The molecule has 0 atom stereocenters. The van der Waals surface area contributed by atoms with Crippen molar-refractivity contribution in [2.24, 2.45) is 0 Å². The third kappa shape index (κ3) is 4.65. The number of hydrogen-bond acceptors (Lipinski definition) is 1. The van der Waals surface area contributed by atoms with E-state index in [9.17, 15) is 0 Å². The maximum absolute atomic E-state index is 5.55. The van der Waals surface area contributed by atoms with E-state index in [-0.39, 0.29) is 9.76 Å². The number of rotatable bonds is 6. The zero-order valence-electron chi connectivity index (χ0n) is 7.91. The molecule has 1 aromatic rings. The number of hydrogen-bond donors (Lipinski definition) is 0. The molecule has 0 unspecified atom stereocenters. The van der Waals surface area contributed by atoms with Gasteiger partial charge in [0.2, 0.25) is 0 Å². The summed E-state index contributed by atoms with van der Waals surface area (Å²) in [4.78, 5) is 0. The van der Waals surface area contributed by atoms with Crippen molar-refractivity contribution in [1.82, 2.24) is 0 Å². The molecule has 0 aliphatic rings. The second kappa shape index (κ2) is 6.63. The summed E-state index contributed by atoms with van der Waals surface area (Å²) in [5.74, 6) is 0. The first-order valence-corrected chi connectivity index (χ1v) is 6.24. The Kier molecular flexibility index (Phi) is 5.21. The Morgan fingerprint density at radius 3 is 2.77 bits per heavy atom. The van der Waals surface area contributed by atoms with Gasteiger partial charge in [-0.3, -0.25) is 0 Å². The molecule has 0 spiro atoms. The third-order valence-corrected chi connectivity index (χ3v) is 3.07. The van der Waals surface area contributed by atoms with Gasteiger partial charge in [0.15, 0.2) is 9.76 Å². The first-order valence-electron chi connectivity index (χ1n) is 4.66. The lowest BCUT2D eigenvalue weighted by Gasteiger charge is -2.02. The molecule has 0 radical (unpaired) electrons. The molecule has 0 aromatic heterocycles. The fourth-order valence-corrected chi connectivity index (χ4v) is 1.79. The van der Waals surface area contributed by atoms with Crippen LogP contribution in [0.4, 0.5) is 0 Å². The Morgan fingerprint density at radius 2 is 2.08 bits per heavy atom. The zero-order chi connectivity index (χ0) is 9.36. The standard InChI is InChI=1S/C11H16OSi/c1-2-10-13-12-9-8-11-6-4-3-5-7-11/h2-7H,1,8-10,13H2. The van der Waals surface area contributed by atoms with E-state index in [0.717, 1.165) is 19.1 Å². The lowest BCUT2D eigenvalue weighted by atomic mass is 10.2. The molecule has 13 heavy (non-hydrogen) atoms. The van der Waals surface area contributed by atoms with Crippen molar-refractivity contribution in [3.63, 3.8) is 0 Å². The van der Waals surface area contributed by atoms with E-state index in [2.05, 4.69) is 30.8 Å². The van der Waals surface area contributed by atoms with Crippen molar-refractivity contribution in [1.29, 1.82) is 0 Å². The van der Waals surface area contributed by atoms with Crippen molar-refractivity contribution in [2.75, 3.05) is 6.61 Å². The van der Waals surface area contributed by atoms with Crippen molar-refractivity contribution in [2.45, 2.75) is 12.5 Å². The quantitative estimate of drug-likeness (QED) is 0.380. The molecule has 1 rings (SSSR count). The van der Waals surface area contributed by atoms with Crippen LogP contribution < -0.4 is 0 Å². The molecule has 0 fully saturated rings. The minimum Gasteiger partial charge on any atom is -0.423 e. The van der Waals surface area contributed by atoms with E-state index in [1.54, 1.807) is 0 Å². The Bertz CT molecular complexity index is 233. The van der Waals surface area contributed by atoms with Crippen LogP contribution >= 0.6 is 0 Å². The van der Waals surface area contributed by atoms with Crippen LogP contribution in [0, 0.1) is 0 Å². The van der Waals surface area contributed by atoms with E-state index >= 15 is 0 Å². The predicted octanol–water partition coefficient (Wildman–Crippen LogP) is 1.93.